The third-order valence-corrected chi connectivity index (χ3v) is 10.5. The number of ether oxygens (including phenoxy) is 2. The molecule has 0 saturated heterocycles. The van der Waals surface area contributed by atoms with Crippen LogP contribution in [0.5, 0.6) is 11.5 Å². The fourth-order valence-electron chi connectivity index (χ4n) is 4.90. The maximum Gasteiger partial charge on any atom is 0.273 e. The van der Waals surface area contributed by atoms with E-state index >= 15 is 0 Å². The first-order chi connectivity index (χ1) is 20.4. The number of aryl methyl sites for hydroxylation is 3. The van der Waals surface area contributed by atoms with Crippen LogP contribution in [0.2, 0.25) is 5.02 Å². The van der Waals surface area contributed by atoms with Crippen LogP contribution in [0, 0.1) is 33.6 Å². The lowest BCUT2D eigenvalue weighted by molar-refractivity contribution is 0.305. The molecular formula is C32H34ClN3O5S2. The second-order valence-corrected chi connectivity index (χ2v) is 14.5. The zero-order valence-corrected chi connectivity index (χ0v) is 27.6. The van der Waals surface area contributed by atoms with Gasteiger partial charge in [-0.25, -0.2) is 8.42 Å². The molecule has 43 heavy (non-hydrogen) atoms. The van der Waals surface area contributed by atoms with Gasteiger partial charge in [-0.15, -0.1) is 11.3 Å². The third kappa shape index (κ3) is 6.37. The molecule has 3 heterocycles. The molecule has 3 aromatic heterocycles. The Kier molecular flexibility index (Phi) is 8.74. The highest BCUT2D eigenvalue weighted by atomic mass is 35.5. The smallest absolute Gasteiger partial charge is 0.273 e. The number of rotatable bonds is 10. The Labute approximate surface area is 261 Å². The van der Waals surface area contributed by atoms with Gasteiger partial charge in [-0.05, 0) is 75.9 Å². The lowest BCUT2D eigenvalue weighted by atomic mass is 9.98. The topological polar surface area (TPSA) is 104 Å². The summed E-state index contributed by atoms with van der Waals surface area (Å²) in [5.74, 6) is 2.63. The van der Waals surface area contributed by atoms with Crippen molar-refractivity contribution in [1.82, 2.24) is 10.1 Å². The van der Waals surface area contributed by atoms with Crippen LogP contribution in [0.1, 0.15) is 46.9 Å². The number of thiophene rings is 1. The van der Waals surface area contributed by atoms with E-state index in [4.69, 9.17) is 30.6 Å². The second-order valence-electron chi connectivity index (χ2n) is 11.0. The van der Waals surface area contributed by atoms with Crippen molar-refractivity contribution in [3.63, 3.8) is 0 Å². The number of halogens is 1. The van der Waals surface area contributed by atoms with E-state index in [0.29, 0.717) is 33.4 Å². The van der Waals surface area contributed by atoms with Gasteiger partial charge in [0.15, 0.2) is 5.82 Å². The molecule has 0 amide bonds. The number of nitrogens with one attached hydrogen (secondary N) is 1. The molecule has 0 atom stereocenters. The minimum atomic E-state index is -3.95. The molecule has 2 aromatic carbocycles. The van der Waals surface area contributed by atoms with Crippen LogP contribution < -0.4 is 14.2 Å². The van der Waals surface area contributed by atoms with Gasteiger partial charge in [-0.2, -0.15) is 0 Å². The van der Waals surface area contributed by atoms with Crippen LogP contribution in [0.15, 0.2) is 51.2 Å². The molecule has 5 rings (SSSR count). The molecule has 5 aromatic rings. The zero-order chi connectivity index (χ0) is 31.1. The summed E-state index contributed by atoms with van der Waals surface area (Å²) in [5, 5.41) is 5.16. The van der Waals surface area contributed by atoms with E-state index in [2.05, 4.69) is 23.7 Å². The number of anilines is 1. The Bertz CT molecular complexity index is 1930. The van der Waals surface area contributed by atoms with Crippen molar-refractivity contribution in [1.29, 1.82) is 0 Å². The van der Waals surface area contributed by atoms with Gasteiger partial charge >= 0.3 is 0 Å². The van der Waals surface area contributed by atoms with Crippen molar-refractivity contribution in [3.8, 4) is 22.6 Å². The summed E-state index contributed by atoms with van der Waals surface area (Å²) in [6.07, 6.45) is 0.817. The van der Waals surface area contributed by atoms with E-state index in [-0.39, 0.29) is 16.6 Å². The summed E-state index contributed by atoms with van der Waals surface area (Å²) < 4.78 is 46.7. The second kappa shape index (κ2) is 12.2. The summed E-state index contributed by atoms with van der Waals surface area (Å²) in [7, 11) is -2.31. The minimum Gasteiger partial charge on any atom is -0.497 e. The predicted octanol–water partition coefficient (Wildman–Crippen LogP) is 8.43. The Morgan fingerprint density at radius 1 is 1.05 bits per heavy atom. The van der Waals surface area contributed by atoms with Gasteiger partial charge in [0.25, 0.3) is 10.0 Å². The highest BCUT2D eigenvalue weighted by molar-refractivity contribution is 7.94. The highest BCUT2D eigenvalue weighted by Crippen LogP contribution is 2.40. The van der Waals surface area contributed by atoms with Crippen molar-refractivity contribution < 1.29 is 22.4 Å². The number of hydrogen-bond donors (Lipinski definition) is 1. The lowest BCUT2D eigenvalue weighted by Gasteiger charge is -2.18. The average Bonchev–Trinajstić information content (AvgIpc) is 3.50. The van der Waals surface area contributed by atoms with E-state index in [1.165, 1.54) is 11.3 Å². The SMILES string of the molecule is COc1ccc2nc(C)c(CC(C)C)c(OCc3ccc(-c4cc(C)sc4S(=O)(=O)Nc4noc(C)c4C)c(Cl)c3)c2c1. The number of benzene rings is 2. The fraction of sp³-hybridized carbons (Fsp3) is 0.312. The van der Waals surface area contributed by atoms with Crippen molar-refractivity contribution in [2.75, 3.05) is 11.8 Å². The first kappa shape index (κ1) is 30.8. The van der Waals surface area contributed by atoms with Gasteiger partial charge in [0.05, 0.1) is 12.6 Å². The van der Waals surface area contributed by atoms with E-state index < -0.39 is 10.0 Å². The average molecular weight is 640 g/mol. The molecule has 226 valence electrons. The van der Waals surface area contributed by atoms with E-state index in [9.17, 15) is 8.42 Å². The van der Waals surface area contributed by atoms with Gasteiger partial charge in [-0.1, -0.05) is 42.7 Å². The van der Waals surface area contributed by atoms with E-state index in [1.54, 1.807) is 21.0 Å². The van der Waals surface area contributed by atoms with Crippen LogP contribution in [0.3, 0.4) is 0 Å². The lowest BCUT2D eigenvalue weighted by Crippen LogP contribution is -2.13. The van der Waals surface area contributed by atoms with Gasteiger partial charge in [-0.3, -0.25) is 9.71 Å². The number of hydrogen-bond acceptors (Lipinski definition) is 8. The first-order valence-corrected chi connectivity index (χ1v) is 16.5. The molecule has 0 fully saturated rings. The van der Waals surface area contributed by atoms with E-state index in [1.807, 2.05) is 56.3 Å². The standard InChI is InChI=1S/C32H34ClN3O5S2/c1-17(2)12-25-20(5)34-29-11-9-23(39-7)15-27(29)30(25)40-16-22-8-10-24(28(33)14-22)26-13-18(3)42-32(26)43(37,38)36-31-19(4)21(6)41-35-31/h8-11,13-15,17H,12,16H2,1-7H3,(H,35,36). The van der Waals surface area contributed by atoms with Crippen LogP contribution in [0.25, 0.3) is 22.0 Å². The van der Waals surface area contributed by atoms with Crippen molar-refractivity contribution in [2.45, 2.75) is 58.8 Å². The number of sulfonamides is 1. The number of aromatic nitrogens is 2. The van der Waals surface area contributed by atoms with E-state index in [0.717, 1.165) is 50.5 Å². The van der Waals surface area contributed by atoms with Crippen LogP contribution in [0.4, 0.5) is 5.82 Å². The summed E-state index contributed by atoms with van der Waals surface area (Å²) in [6.45, 7) is 11.9. The summed E-state index contributed by atoms with van der Waals surface area (Å²) in [4.78, 5) is 5.66. The van der Waals surface area contributed by atoms with Crippen molar-refractivity contribution in [3.05, 3.63) is 80.5 Å². The Morgan fingerprint density at radius 3 is 2.47 bits per heavy atom. The van der Waals surface area contributed by atoms with Gasteiger partial charge < -0.3 is 14.0 Å². The monoisotopic (exact) mass is 639 g/mol. The molecule has 0 bridgehead atoms. The maximum atomic E-state index is 13.4. The predicted molar refractivity (Wildman–Crippen MR) is 172 cm³/mol. The normalized spacial score (nSPS) is 11.8. The summed E-state index contributed by atoms with van der Waals surface area (Å²) in [6, 6.07) is 13.2. The number of pyridine rings is 1. The van der Waals surface area contributed by atoms with Crippen LogP contribution in [-0.4, -0.2) is 25.7 Å². The van der Waals surface area contributed by atoms with Gasteiger partial charge in [0, 0.05) is 43.2 Å². The largest absolute Gasteiger partial charge is 0.497 e. The minimum absolute atomic E-state index is 0.155. The molecule has 8 nitrogen and oxygen atoms in total. The Hall–Kier alpha value is -3.60. The third-order valence-electron chi connectivity index (χ3n) is 7.22. The van der Waals surface area contributed by atoms with Crippen LogP contribution in [-0.2, 0) is 23.1 Å². The molecule has 0 radical (unpaired) electrons. The number of fused-ring (bicyclic) bond motifs is 1. The molecular weight excluding hydrogens is 606 g/mol. The van der Waals surface area contributed by atoms with Crippen molar-refractivity contribution in [2.24, 2.45) is 5.92 Å². The molecule has 0 aliphatic heterocycles. The molecule has 0 spiro atoms. The highest BCUT2D eigenvalue weighted by Gasteiger charge is 2.26. The maximum absolute atomic E-state index is 13.4. The molecule has 11 heteroatoms. The molecule has 0 aliphatic rings. The molecule has 1 N–H and O–H groups in total. The van der Waals surface area contributed by atoms with Crippen molar-refractivity contribution >= 4 is 49.7 Å². The fourth-order valence-corrected chi connectivity index (χ4v) is 7.91. The first-order valence-electron chi connectivity index (χ1n) is 13.8. The molecule has 0 aliphatic carbocycles. The Balaban J connectivity index is 1.47. The quantitative estimate of drug-likeness (QED) is 0.164. The molecule has 0 unspecified atom stereocenters. The number of methoxy groups -OCH3 is 1. The van der Waals surface area contributed by atoms with Crippen LogP contribution >= 0.6 is 22.9 Å². The zero-order valence-electron chi connectivity index (χ0n) is 25.2. The summed E-state index contributed by atoms with van der Waals surface area (Å²) in [5.41, 5.74) is 5.44. The van der Waals surface area contributed by atoms with Gasteiger partial charge in [0.1, 0.15) is 28.1 Å². The summed E-state index contributed by atoms with van der Waals surface area (Å²) >= 11 is 7.98. The number of nitrogens with zero attached hydrogens (tertiary/aromatic N) is 2. The Morgan fingerprint density at radius 2 is 1.81 bits per heavy atom. The van der Waals surface area contributed by atoms with Gasteiger partial charge in [0.2, 0.25) is 0 Å². The molecule has 0 saturated carbocycles.